The van der Waals surface area contributed by atoms with Crippen LogP contribution < -0.4 is 18.9 Å². The fraction of sp³-hybridized carbons (Fsp3) is 0.167. The molecule has 2 aromatic carbocycles. The molecule has 2 heterocycles. The van der Waals surface area contributed by atoms with Gasteiger partial charge in [0.2, 0.25) is 12.5 Å². The van der Waals surface area contributed by atoms with Crippen molar-refractivity contribution in [1.82, 2.24) is 4.37 Å². The zero-order valence-electron chi connectivity index (χ0n) is 13.6. The van der Waals surface area contributed by atoms with Crippen molar-refractivity contribution in [3.05, 3.63) is 35.7 Å². The molecule has 0 amide bonds. The lowest BCUT2D eigenvalue weighted by Crippen LogP contribution is -1.93. The van der Waals surface area contributed by atoms with Crippen molar-refractivity contribution < 1.29 is 18.9 Å². The number of rotatable bonds is 4. The number of aromatic nitrogens is 1. The summed E-state index contributed by atoms with van der Waals surface area (Å²) in [6.07, 6.45) is 0. The van der Waals surface area contributed by atoms with Crippen molar-refractivity contribution in [2.45, 2.75) is 4.90 Å². The van der Waals surface area contributed by atoms with Gasteiger partial charge in [-0.2, -0.15) is 4.37 Å². The predicted molar refractivity (Wildman–Crippen MR) is 99.5 cm³/mol. The molecule has 0 saturated heterocycles. The summed E-state index contributed by atoms with van der Waals surface area (Å²) >= 11 is 5.89. The number of benzene rings is 2. The standard InChI is InChI=1S/C18H15NO4S2/c1-20-13-4-3-10(7-16(13)24)12-8-25-19-17(12)11-5-14(21-2)18-15(6-11)22-9-23-18/h3-8,24H,9H2,1-2H3. The molecule has 0 atom stereocenters. The van der Waals surface area contributed by atoms with E-state index in [1.54, 1.807) is 14.2 Å². The number of ether oxygens (including phenoxy) is 4. The first-order valence-electron chi connectivity index (χ1n) is 7.51. The summed E-state index contributed by atoms with van der Waals surface area (Å²) in [5, 5.41) is 2.02. The summed E-state index contributed by atoms with van der Waals surface area (Å²) < 4.78 is 26.3. The van der Waals surface area contributed by atoms with Gasteiger partial charge in [-0.15, -0.1) is 12.6 Å². The first-order valence-corrected chi connectivity index (χ1v) is 8.79. The molecule has 0 fully saturated rings. The van der Waals surface area contributed by atoms with Gasteiger partial charge < -0.3 is 18.9 Å². The maximum atomic E-state index is 5.52. The molecule has 128 valence electrons. The molecule has 3 aromatic rings. The number of thiol groups is 1. The Morgan fingerprint density at radius 1 is 1.04 bits per heavy atom. The van der Waals surface area contributed by atoms with E-state index in [0.29, 0.717) is 17.2 Å². The molecule has 0 radical (unpaired) electrons. The smallest absolute Gasteiger partial charge is 0.231 e. The molecule has 0 N–H and O–H groups in total. The van der Waals surface area contributed by atoms with Crippen LogP contribution in [0.3, 0.4) is 0 Å². The molecular formula is C18H15NO4S2. The molecule has 0 bridgehead atoms. The fourth-order valence-electron chi connectivity index (χ4n) is 2.77. The Labute approximate surface area is 154 Å². The molecule has 25 heavy (non-hydrogen) atoms. The minimum absolute atomic E-state index is 0.195. The van der Waals surface area contributed by atoms with E-state index in [2.05, 4.69) is 17.0 Å². The second-order valence-corrected chi connectivity index (χ2v) is 6.49. The van der Waals surface area contributed by atoms with Crippen molar-refractivity contribution in [1.29, 1.82) is 0 Å². The van der Waals surface area contributed by atoms with Crippen molar-refractivity contribution in [3.8, 4) is 45.4 Å². The number of nitrogens with zero attached hydrogens (tertiary/aromatic N) is 1. The summed E-state index contributed by atoms with van der Waals surface area (Å²) in [4.78, 5) is 0.778. The van der Waals surface area contributed by atoms with Gasteiger partial charge in [-0.3, -0.25) is 0 Å². The van der Waals surface area contributed by atoms with Crippen LogP contribution in [0.15, 0.2) is 40.6 Å². The van der Waals surface area contributed by atoms with E-state index < -0.39 is 0 Å². The number of methoxy groups -OCH3 is 2. The van der Waals surface area contributed by atoms with Crippen LogP contribution in [0.5, 0.6) is 23.0 Å². The first-order chi connectivity index (χ1) is 12.2. The van der Waals surface area contributed by atoms with Crippen LogP contribution in [0, 0.1) is 0 Å². The zero-order chi connectivity index (χ0) is 17.4. The second-order valence-electron chi connectivity index (χ2n) is 5.38. The average Bonchev–Trinajstić information content (AvgIpc) is 3.29. The molecule has 1 aliphatic heterocycles. The van der Waals surface area contributed by atoms with Gasteiger partial charge in [-0.25, -0.2) is 0 Å². The van der Waals surface area contributed by atoms with Crippen LogP contribution in [0.4, 0.5) is 0 Å². The van der Waals surface area contributed by atoms with Crippen molar-refractivity contribution in [2.75, 3.05) is 21.0 Å². The van der Waals surface area contributed by atoms with Crippen LogP contribution in [0.25, 0.3) is 22.4 Å². The maximum Gasteiger partial charge on any atom is 0.231 e. The molecule has 0 spiro atoms. The Balaban J connectivity index is 1.82. The van der Waals surface area contributed by atoms with Crippen LogP contribution in [-0.2, 0) is 0 Å². The average molecular weight is 373 g/mol. The van der Waals surface area contributed by atoms with Gasteiger partial charge in [0.25, 0.3) is 0 Å². The zero-order valence-corrected chi connectivity index (χ0v) is 15.3. The van der Waals surface area contributed by atoms with E-state index >= 15 is 0 Å². The SMILES string of the molecule is COc1ccc(-c2csnc2-c2cc(OC)c3c(c2)OCO3)cc1S. The normalized spacial score (nSPS) is 12.3. The Morgan fingerprint density at radius 3 is 2.64 bits per heavy atom. The topological polar surface area (TPSA) is 49.8 Å². The Kier molecular flexibility index (Phi) is 4.19. The third kappa shape index (κ3) is 2.79. The summed E-state index contributed by atoms with van der Waals surface area (Å²) in [5.74, 6) is 2.66. The lowest BCUT2D eigenvalue weighted by Gasteiger charge is -2.10. The highest BCUT2D eigenvalue weighted by Crippen LogP contribution is 2.46. The predicted octanol–water partition coefficient (Wildman–Crippen LogP) is 4.51. The molecule has 0 unspecified atom stereocenters. The highest BCUT2D eigenvalue weighted by Gasteiger charge is 2.22. The minimum atomic E-state index is 0.195. The summed E-state index contributed by atoms with van der Waals surface area (Å²) in [5.41, 5.74) is 3.81. The third-order valence-corrected chi connectivity index (χ3v) is 4.97. The molecule has 7 heteroatoms. The van der Waals surface area contributed by atoms with Gasteiger partial charge in [-0.05, 0) is 41.4 Å². The molecule has 4 rings (SSSR count). The monoisotopic (exact) mass is 373 g/mol. The van der Waals surface area contributed by atoms with Crippen molar-refractivity contribution in [2.24, 2.45) is 0 Å². The lowest BCUT2D eigenvalue weighted by molar-refractivity contribution is 0.171. The highest BCUT2D eigenvalue weighted by atomic mass is 32.1. The van der Waals surface area contributed by atoms with E-state index in [4.69, 9.17) is 18.9 Å². The van der Waals surface area contributed by atoms with E-state index in [-0.39, 0.29) is 6.79 Å². The van der Waals surface area contributed by atoms with Crippen molar-refractivity contribution >= 4 is 24.2 Å². The fourth-order valence-corrected chi connectivity index (χ4v) is 3.79. The molecule has 0 saturated carbocycles. The van der Waals surface area contributed by atoms with E-state index in [9.17, 15) is 0 Å². The van der Waals surface area contributed by atoms with Crippen molar-refractivity contribution in [3.63, 3.8) is 0 Å². The number of hydrogen-bond acceptors (Lipinski definition) is 7. The number of hydrogen-bond donors (Lipinski definition) is 1. The van der Waals surface area contributed by atoms with Crippen LogP contribution in [-0.4, -0.2) is 25.4 Å². The Bertz CT molecular complexity index is 939. The molecule has 0 aliphatic carbocycles. The molecule has 1 aromatic heterocycles. The van der Waals surface area contributed by atoms with Gasteiger partial charge in [0.1, 0.15) is 5.75 Å². The summed E-state index contributed by atoms with van der Waals surface area (Å²) in [7, 11) is 3.24. The third-order valence-electron chi connectivity index (χ3n) is 3.99. The van der Waals surface area contributed by atoms with Crippen LogP contribution in [0.1, 0.15) is 0 Å². The minimum Gasteiger partial charge on any atom is -0.496 e. The Hall–Kier alpha value is -2.38. The second kappa shape index (κ2) is 6.50. The van der Waals surface area contributed by atoms with Crippen LogP contribution in [0.2, 0.25) is 0 Å². The summed E-state index contributed by atoms with van der Waals surface area (Å²) in [6.45, 7) is 0.195. The van der Waals surface area contributed by atoms with Gasteiger partial charge in [-0.1, -0.05) is 6.07 Å². The van der Waals surface area contributed by atoms with Crippen LogP contribution >= 0.6 is 24.2 Å². The van der Waals surface area contributed by atoms with Gasteiger partial charge in [0.05, 0.1) is 19.9 Å². The molecule has 5 nitrogen and oxygen atoms in total. The largest absolute Gasteiger partial charge is 0.496 e. The van der Waals surface area contributed by atoms with Gasteiger partial charge in [0, 0.05) is 21.4 Å². The highest BCUT2D eigenvalue weighted by molar-refractivity contribution is 7.80. The van der Waals surface area contributed by atoms with E-state index in [1.807, 2.05) is 35.7 Å². The van der Waals surface area contributed by atoms with E-state index in [1.165, 1.54) is 11.5 Å². The molecular weight excluding hydrogens is 358 g/mol. The van der Waals surface area contributed by atoms with E-state index in [0.717, 1.165) is 33.0 Å². The summed E-state index contributed by atoms with van der Waals surface area (Å²) in [6, 6.07) is 9.71. The maximum absolute atomic E-state index is 5.52. The lowest BCUT2D eigenvalue weighted by atomic mass is 10.0. The molecule has 1 aliphatic rings. The quantitative estimate of drug-likeness (QED) is 0.682. The first kappa shape index (κ1) is 16.1. The van der Waals surface area contributed by atoms with Gasteiger partial charge >= 0.3 is 0 Å². The Morgan fingerprint density at radius 2 is 1.88 bits per heavy atom. The number of fused-ring (bicyclic) bond motifs is 1. The van der Waals surface area contributed by atoms with Gasteiger partial charge in [0.15, 0.2) is 11.5 Å².